The summed E-state index contributed by atoms with van der Waals surface area (Å²) in [6, 6.07) is 6.19. The first-order valence-corrected chi connectivity index (χ1v) is 6.56. The van der Waals surface area contributed by atoms with Crippen LogP contribution in [0.3, 0.4) is 0 Å². The largest absolute Gasteiger partial charge is 0.380 e. The Morgan fingerprint density at radius 3 is 2.84 bits per heavy atom. The lowest BCUT2D eigenvalue weighted by molar-refractivity contribution is 0.122. The maximum absolute atomic E-state index is 5.34. The summed E-state index contributed by atoms with van der Waals surface area (Å²) in [7, 11) is 0. The summed E-state index contributed by atoms with van der Waals surface area (Å²) in [4.78, 5) is 9.80. The van der Waals surface area contributed by atoms with E-state index in [4.69, 9.17) is 4.74 Å². The predicted octanol–water partition coefficient (Wildman–Crippen LogP) is 1.86. The smallest absolute Gasteiger partial charge is 0.128 e. The van der Waals surface area contributed by atoms with Gasteiger partial charge in [0.2, 0.25) is 0 Å². The molecule has 0 bridgehead atoms. The molecule has 0 radical (unpaired) electrons. The molecule has 3 rings (SSSR count). The highest BCUT2D eigenvalue weighted by atomic mass is 16.5. The number of H-pyrrole nitrogens is 1. The first kappa shape index (κ1) is 12.0. The Hall–Kier alpha value is -2.01. The van der Waals surface area contributed by atoms with Crippen LogP contribution in [0.2, 0.25) is 0 Å². The van der Waals surface area contributed by atoms with E-state index in [0.717, 1.165) is 44.4 Å². The second-order valence-corrected chi connectivity index (χ2v) is 4.58. The SMILES string of the molecule is c1cc(CNc2ccc(N3CCOCC3)nc2)c[nH]1. The van der Waals surface area contributed by atoms with Crippen molar-refractivity contribution in [2.75, 3.05) is 36.5 Å². The summed E-state index contributed by atoms with van der Waals surface area (Å²) in [5.74, 6) is 1.02. The third-order valence-electron chi connectivity index (χ3n) is 3.24. The van der Waals surface area contributed by atoms with Crippen molar-refractivity contribution < 1.29 is 4.74 Å². The number of aromatic amines is 1. The number of rotatable bonds is 4. The summed E-state index contributed by atoms with van der Waals surface area (Å²) in [6.45, 7) is 4.22. The third-order valence-corrected chi connectivity index (χ3v) is 3.24. The normalized spacial score (nSPS) is 15.5. The van der Waals surface area contributed by atoms with Crippen LogP contribution in [0.5, 0.6) is 0 Å². The number of morpholine rings is 1. The van der Waals surface area contributed by atoms with Gasteiger partial charge in [0, 0.05) is 32.0 Å². The Kier molecular flexibility index (Phi) is 3.65. The number of hydrogen-bond donors (Lipinski definition) is 2. The fraction of sp³-hybridized carbons (Fsp3) is 0.357. The summed E-state index contributed by atoms with van der Waals surface area (Å²) < 4.78 is 5.34. The van der Waals surface area contributed by atoms with E-state index in [-0.39, 0.29) is 0 Å². The van der Waals surface area contributed by atoms with Crippen molar-refractivity contribution in [1.82, 2.24) is 9.97 Å². The quantitative estimate of drug-likeness (QED) is 0.879. The zero-order valence-electron chi connectivity index (χ0n) is 10.8. The molecular formula is C14H18N4O. The molecule has 1 saturated heterocycles. The van der Waals surface area contributed by atoms with Crippen LogP contribution in [0.25, 0.3) is 0 Å². The molecule has 1 aliphatic heterocycles. The van der Waals surface area contributed by atoms with Gasteiger partial charge in [0.15, 0.2) is 0 Å². The number of nitrogens with zero attached hydrogens (tertiary/aromatic N) is 2. The van der Waals surface area contributed by atoms with Crippen LogP contribution >= 0.6 is 0 Å². The molecule has 1 fully saturated rings. The van der Waals surface area contributed by atoms with Gasteiger partial charge < -0.3 is 19.9 Å². The lowest BCUT2D eigenvalue weighted by atomic mass is 10.3. The summed E-state index contributed by atoms with van der Waals surface area (Å²) in [5, 5.41) is 3.35. The van der Waals surface area contributed by atoms with Crippen molar-refractivity contribution in [3.8, 4) is 0 Å². The van der Waals surface area contributed by atoms with E-state index in [9.17, 15) is 0 Å². The van der Waals surface area contributed by atoms with Gasteiger partial charge in [-0.1, -0.05) is 0 Å². The molecule has 0 saturated carbocycles. The molecule has 2 N–H and O–H groups in total. The van der Waals surface area contributed by atoms with Gasteiger partial charge in [-0.25, -0.2) is 4.98 Å². The highest BCUT2D eigenvalue weighted by Gasteiger charge is 2.11. The molecule has 100 valence electrons. The molecule has 3 heterocycles. The van der Waals surface area contributed by atoms with Crippen molar-refractivity contribution in [2.45, 2.75) is 6.54 Å². The summed E-state index contributed by atoms with van der Waals surface area (Å²) in [5.41, 5.74) is 2.27. The standard InChI is InChI=1S/C14H18N4O/c1-2-14(18-5-7-19-8-6-18)17-11-13(1)16-10-12-3-4-15-9-12/h1-4,9,11,15-16H,5-8,10H2. The van der Waals surface area contributed by atoms with Gasteiger partial charge in [-0.05, 0) is 23.8 Å². The van der Waals surface area contributed by atoms with Gasteiger partial charge in [0.05, 0.1) is 25.1 Å². The van der Waals surface area contributed by atoms with Gasteiger partial charge in [0.1, 0.15) is 5.82 Å². The lowest BCUT2D eigenvalue weighted by Gasteiger charge is -2.27. The van der Waals surface area contributed by atoms with Gasteiger partial charge >= 0.3 is 0 Å². The van der Waals surface area contributed by atoms with Crippen LogP contribution < -0.4 is 10.2 Å². The van der Waals surface area contributed by atoms with E-state index in [2.05, 4.69) is 38.4 Å². The number of ether oxygens (including phenoxy) is 1. The van der Waals surface area contributed by atoms with Crippen LogP contribution in [0.15, 0.2) is 36.8 Å². The van der Waals surface area contributed by atoms with Gasteiger partial charge in [-0.15, -0.1) is 0 Å². The average Bonchev–Trinajstić information content (AvgIpc) is 3.00. The van der Waals surface area contributed by atoms with Crippen molar-refractivity contribution >= 4 is 11.5 Å². The van der Waals surface area contributed by atoms with E-state index in [1.165, 1.54) is 5.56 Å². The van der Waals surface area contributed by atoms with Crippen LogP contribution in [0, 0.1) is 0 Å². The topological polar surface area (TPSA) is 53.2 Å². The highest BCUT2D eigenvalue weighted by Crippen LogP contribution is 2.15. The van der Waals surface area contributed by atoms with E-state index < -0.39 is 0 Å². The lowest BCUT2D eigenvalue weighted by Crippen LogP contribution is -2.36. The number of hydrogen-bond acceptors (Lipinski definition) is 4. The van der Waals surface area contributed by atoms with Crippen molar-refractivity contribution in [2.24, 2.45) is 0 Å². The molecule has 2 aromatic rings. The zero-order chi connectivity index (χ0) is 12.9. The van der Waals surface area contributed by atoms with E-state index in [0.29, 0.717) is 0 Å². The minimum atomic E-state index is 0.787. The Morgan fingerprint density at radius 1 is 1.26 bits per heavy atom. The maximum Gasteiger partial charge on any atom is 0.128 e. The monoisotopic (exact) mass is 258 g/mol. The molecule has 0 unspecified atom stereocenters. The number of anilines is 2. The fourth-order valence-corrected chi connectivity index (χ4v) is 2.14. The van der Waals surface area contributed by atoms with Crippen LogP contribution in [0.4, 0.5) is 11.5 Å². The van der Waals surface area contributed by atoms with Gasteiger partial charge in [-0.3, -0.25) is 0 Å². The van der Waals surface area contributed by atoms with Crippen LogP contribution in [0.1, 0.15) is 5.56 Å². The van der Waals surface area contributed by atoms with E-state index in [1.54, 1.807) is 0 Å². The van der Waals surface area contributed by atoms with E-state index in [1.807, 2.05) is 18.6 Å². The van der Waals surface area contributed by atoms with Gasteiger partial charge in [0.25, 0.3) is 0 Å². The van der Waals surface area contributed by atoms with Crippen molar-refractivity contribution in [3.05, 3.63) is 42.4 Å². The molecular weight excluding hydrogens is 240 g/mol. The molecule has 19 heavy (non-hydrogen) atoms. The molecule has 0 atom stereocenters. The minimum absolute atomic E-state index is 0.787. The molecule has 0 spiro atoms. The molecule has 1 aliphatic rings. The molecule has 2 aromatic heterocycles. The first-order chi connectivity index (χ1) is 9.42. The molecule has 5 nitrogen and oxygen atoms in total. The number of aromatic nitrogens is 2. The zero-order valence-corrected chi connectivity index (χ0v) is 10.8. The number of nitrogens with one attached hydrogen (secondary N) is 2. The molecule has 5 heteroatoms. The fourth-order valence-electron chi connectivity index (χ4n) is 2.14. The maximum atomic E-state index is 5.34. The van der Waals surface area contributed by atoms with Crippen molar-refractivity contribution in [3.63, 3.8) is 0 Å². The Labute approximate surface area is 112 Å². The Morgan fingerprint density at radius 2 is 2.16 bits per heavy atom. The number of pyridine rings is 1. The molecule has 0 aliphatic carbocycles. The van der Waals surface area contributed by atoms with Crippen molar-refractivity contribution in [1.29, 1.82) is 0 Å². The summed E-state index contributed by atoms with van der Waals surface area (Å²) in [6.07, 6.45) is 5.80. The highest BCUT2D eigenvalue weighted by molar-refractivity contribution is 5.49. The van der Waals surface area contributed by atoms with Gasteiger partial charge in [-0.2, -0.15) is 0 Å². The Bertz CT molecular complexity index is 489. The second-order valence-electron chi connectivity index (χ2n) is 4.58. The predicted molar refractivity (Wildman–Crippen MR) is 75.4 cm³/mol. The average molecular weight is 258 g/mol. The molecule has 0 amide bonds. The molecule has 0 aromatic carbocycles. The van der Waals surface area contributed by atoms with Crippen LogP contribution in [-0.4, -0.2) is 36.3 Å². The third kappa shape index (κ3) is 3.06. The first-order valence-electron chi connectivity index (χ1n) is 6.56. The summed E-state index contributed by atoms with van der Waals surface area (Å²) >= 11 is 0. The Balaban J connectivity index is 1.58. The minimum Gasteiger partial charge on any atom is -0.380 e. The van der Waals surface area contributed by atoms with Crippen LogP contribution in [-0.2, 0) is 11.3 Å². The second kappa shape index (κ2) is 5.75. The van der Waals surface area contributed by atoms with E-state index >= 15 is 0 Å².